The van der Waals surface area contributed by atoms with Crippen molar-refractivity contribution >= 4 is 21.5 Å². The average Bonchev–Trinajstić information content (AvgIpc) is 2.30. The quantitative estimate of drug-likeness (QED) is 0.787. The molecule has 88 valence electrons. The van der Waals surface area contributed by atoms with Crippen molar-refractivity contribution in [1.82, 2.24) is 10.2 Å². The molecule has 0 aliphatic heterocycles. The Morgan fingerprint density at radius 3 is 2.41 bits per heavy atom. The highest BCUT2D eigenvalue weighted by Crippen LogP contribution is 2.14. The Morgan fingerprint density at radius 2 is 1.82 bits per heavy atom. The molecule has 0 aliphatic carbocycles. The zero-order valence-electron chi connectivity index (χ0n) is 8.74. The first-order valence-electron chi connectivity index (χ1n) is 4.74. The van der Waals surface area contributed by atoms with Gasteiger partial charge in [0.2, 0.25) is 0 Å². The van der Waals surface area contributed by atoms with Gasteiger partial charge in [0, 0.05) is 11.9 Å². The molecule has 0 fully saturated rings. The number of anilines is 2. The van der Waals surface area contributed by atoms with E-state index in [9.17, 15) is 8.42 Å². The van der Waals surface area contributed by atoms with Gasteiger partial charge in [0.25, 0.3) is 10.0 Å². The lowest BCUT2D eigenvalue weighted by Crippen LogP contribution is -2.14. The van der Waals surface area contributed by atoms with E-state index in [1.165, 1.54) is 36.5 Å². The monoisotopic (exact) mass is 250 g/mol. The number of nitrogen functional groups attached to an aromatic ring is 1. The lowest BCUT2D eigenvalue weighted by Gasteiger charge is -2.06. The number of sulfonamides is 1. The molecule has 0 atom stereocenters. The molecule has 0 saturated carbocycles. The van der Waals surface area contributed by atoms with Crippen molar-refractivity contribution in [2.45, 2.75) is 4.90 Å². The van der Waals surface area contributed by atoms with E-state index >= 15 is 0 Å². The minimum atomic E-state index is -3.64. The van der Waals surface area contributed by atoms with Crippen LogP contribution < -0.4 is 10.5 Å². The summed E-state index contributed by atoms with van der Waals surface area (Å²) in [6.45, 7) is 0. The van der Waals surface area contributed by atoms with E-state index in [1.54, 1.807) is 6.07 Å². The summed E-state index contributed by atoms with van der Waals surface area (Å²) in [7, 11) is -3.64. The molecule has 0 amide bonds. The van der Waals surface area contributed by atoms with Gasteiger partial charge in [-0.15, -0.1) is 5.10 Å². The second-order valence-corrected chi connectivity index (χ2v) is 4.97. The van der Waals surface area contributed by atoms with Crippen LogP contribution in [0.2, 0.25) is 0 Å². The molecule has 2 aromatic rings. The summed E-state index contributed by atoms with van der Waals surface area (Å²) >= 11 is 0. The van der Waals surface area contributed by atoms with Gasteiger partial charge in [0.05, 0.1) is 4.90 Å². The van der Waals surface area contributed by atoms with Crippen molar-refractivity contribution in [3.8, 4) is 0 Å². The zero-order valence-corrected chi connectivity index (χ0v) is 9.55. The third-order valence-electron chi connectivity index (χ3n) is 2.00. The Labute approximate surface area is 98.5 Å². The fourth-order valence-corrected chi connectivity index (χ4v) is 2.20. The fourth-order valence-electron chi connectivity index (χ4n) is 1.20. The van der Waals surface area contributed by atoms with Crippen LogP contribution in [0.4, 0.5) is 11.5 Å². The standard InChI is InChI=1S/C10H10N4O2S/c11-8-3-5-9(6-4-8)17(15,16)14-10-2-1-7-12-13-10/h1-7H,11H2,(H,13,14). The van der Waals surface area contributed by atoms with Gasteiger partial charge in [-0.1, -0.05) is 0 Å². The number of hydrogen-bond donors (Lipinski definition) is 2. The summed E-state index contributed by atoms with van der Waals surface area (Å²) in [5, 5.41) is 7.22. The maximum Gasteiger partial charge on any atom is 0.263 e. The van der Waals surface area contributed by atoms with Gasteiger partial charge in [-0.3, -0.25) is 4.72 Å². The highest BCUT2D eigenvalue weighted by atomic mass is 32.2. The molecular weight excluding hydrogens is 240 g/mol. The molecule has 1 heterocycles. The maximum atomic E-state index is 11.9. The normalized spacial score (nSPS) is 11.1. The third-order valence-corrected chi connectivity index (χ3v) is 3.37. The van der Waals surface area contributed by atoms with E-state index in [4.69, 9.17) is 5.73 Å². The summed E-state index contributed by atoms with van der Waals surface area (Å²) in [4.78, 5) is 0.123. The molecule has 6 nitrogen and oxygen atoms in total. The van der Waals surface area contributed by atoms with E-state index < -0.39 is 10.0 Å². The number of aromatic nitrogens is 2. The Bertz CT molecular complexity index is 596. The van der Waals surface area contributed by atoms with Gasteiger partial charge in [0.15, 0.2) is 5.82 Å². The van der Waals surface area contributed by atoms with Crippen LogP contribution in [-0.2, 0) is 10.0 Å². The zero-order chi connectivity index (χ0) is 12.3. The van der Waals surface area contributed by atoms with Crippen molar-refractivity contribution < 1.29 is 8.42 Å². The second kappa shape index (κ2) is 4.38. The third kappa shape index (κ3) is 2.70. The smallest absolute Gasteiger partial charge is 0.263 e. The minimum absolute atomic E-state index is 0.123. The first-order valence-corrected chi connectivity index (χ1v) is 6.22. The van der Waals surface area contributed by atoms with Gasteiger partial charge in [0.1, 0.15) is 0 Å². The Kier molecular flexibility index (Phi) is 2.92. The summed E-state index contributed by atoms with van der Waals surface area (Å²) in [6.07, 6.45) is 1.46. The first-order chi connectivity index (χ1) is 8.08. The number of nitrogens with zero attached hydrogens (tertiary/aromatic N) is 2. The molecule has 0 radical (unpaired) electrons. The number of nitrogens with one attached hydrogen (secondary N) is 1. The van der Waals surface area contributed by atoms with Crippen LogP contribution >= 0.6 is 0 Å². The van der Waals surface area contributed by atoms with Crippen LogP contribution in [-0.4, -0.2) is 18.6 Å². The van der Waals surface area contributed by atoms with Crippen molar-refractivity contribution in [1.29, 1.82) is 0 Å². The molecule has 0 unspecified atom stereocenters. The van der Waals surface area contributed by atoms with E-state index in [2.05, 4.69) is 14.9 Å². The van der Waals surface area contributed by atoms with Gasteiger partial charge in [-0.05, 0) is 36.4 Å². The molecule has 0 spiro atoms. The molecular formula is C10H10N4O2S. The van der Waals surface area contributed by atoms with Crippen LogP contribution in [0, 0.1) is 0 Å². The number of hydrogen-bond acceptors (Lipinski definition) is 5. The lowest BCUT2D eigenvalue weighted by molar-refractivity contribution is 0.601. The molecule has 7 heteroatoms. The number of rotatable bonds is 3. The van der Waals surface area contributed by atoms with Crippen molar-refractivity contribution in [3.05, 3.63) is 42.6 Å². The predicted molar refractivity (Wildman–Crippen MR) is 63.7 cm³/mol. The fraction of sp³-hybridized carbons (Fsp3) is 0. The summed E-state index contributed by atoms with van der Waals surface area (Å²) in [5.74, 6) is 0.171. The van der Waals surface area contributed by atoms with Crippen molar-refractivity contribution in [2.75, 3.05) is 10.5 Å². The largest absolute Gasteiger partial charge is 0.399 e. The topological polar surface area (TPSA) is 98.0 Å². The maximum absolute atomic E-state index is 11.9. The average molecular weight is 250 g/mol. The summed E-state index contributed by atoms with van der Waals surface area (Å²) < 4.78 is 26.1. The predicted octanol–water partition coefficient (Wildman–Crippen LogP) is 0.860. The SMILES string of the molecule is Nc1ccc(S(=O)(=O)Nc2cccnn2)cc1. The Balaban J connectivity index is 2.29. The van der Waals surface area contributed by atoms with E-state index in [1.807, 2.05) is 0 Å². The highest BCUT2D eigenvalue weighted by Gasteiger charge is 2.14. The Morgan fingerprint density at radius 1 is 1.12 bits per heavy atom. The first kappa shape index (κ1) is 11.3. The molecule has 17 heavy (non-hydrogen) atoms. The van der Waals surface area contributed by atoms with Gasteiger partial charge < -0.3 is 5.73 Å². The van der Waals surface area contributed by atoms with Crippen LogP contribution in [0.3, 0.4) is 0 Å². The summed E-state index contributed by atoms with van der Waals surface area (Å²) in [5.41, 5.74) is 5.99. The highest BCUT2D eigenvalue weighted by molar-refractivity contribution is 7.92. The van der Waals surface area contributed by atoms with Crippen molar-refractivity contribution in [2.24, 2.45) is 0 Å². The molecule has 2 rings (SSSR count). The van der Waals surface area contributed by atoms with Crippen LogP contribution in [0.15, 0.2) is 47.5 Å². The second-order valence-electron chi connectivity index (χ2n) is 3.28. The summed E-state index contributed by atoms with van der Waals surface area (Å²) in [6, 6.07) is 8.99. The van der Waals surface area contributed by atoms with Crippen molar-refractivity contribution in [3.63, 3.8) is 0 Å². The molecule has 0 aliphatic rings. The van der Waals surface area contributed by atoms with Crippen LogP contribution in [0.5, 0.6) is 0 Å². The van der Waals surface area contributed by atoms with Gasteiger partial charge in [-0.25, -0.2) is 8.42 Å². The molecule has 1 aromatic heterocycles. The van der Waals surface area contributed by atoms with Gasteiger partial charge in [-0.2, -0.15) is 5.10 Å². The molecule has 1 aromatic carbocycles. The molecule has 3 N–H and O–H groups in total. The van der Waals surface area contributed by atoms with E-state index in [0.29, 0.717) is 5.69 Å². The number of nitrogens with two attached hydrogens (primary N) is 1. The van der Waals surface area contributed by atoms with Gasteiger partial charge >= 0.3 is 0 Å². The van der Waals surface area contributed by atoms with Crippen LogP contribution in [0.1, 0.15) is 0 Å². The van der Waals surface area contributed by atoms with Crippen LogP contribution in [0.25, 0.3) is 0 Å². The number of benzene rings is 1. The van der Waals surface area contributed by atoms with E-state index in [-0.39, 0.29) is 10.7 Å². The molecule has 0 bridgehead atoms. The van der Waals surface area contributed by atoms with E-state index in [0.717, 1.165) is 0 Å². The Hall–Kier alpha value is -2.15. The molecule has 0 saturated heterocycles. The minimum Gasteiger partial charge on any atom is -0.399 e. The lowest BCUT2D eigenvalue weighted by atomic mass is 10.3.